The third kappa shape index (κ3) is 5.42. The third-order valence-electron chi connectivity index (χ3n) is 7.50. The van der Waals surface area contributed by atoms with Gasteiger partial charge in [0.2, 0.25) is 0 Å². The van der Waals surface area contributed by atoms with Crippen LogP contribution in [0.1, 0.15) is 58.4 Å². The predicted octanol–water partition coefficient (Wildman–Crippen LogP) is 6.72. The van der Waals surface area contributed by atoms with Gasteiger partial charge in [0, 0.05) is 28.6 Å². The van der Waals surface area contributed by atoms with Crippen LogP contribution in [0.5, 0.6) is 5.88 Å². The van der Waals surface area contributed by atoms with Gasteiger partial charge < -0.3 is 19.8 Å². The van der Waals surface area contributed by atoms with Gasteiger partial charge in [0.15, 0.2) is 5.88 Å². The zero-order valence-corrected chi connectivity index (χ0v) is 22.4. The first-order valence-electron chi connectivity index (χ1n) is 13.7. The van der Waals surface area contributed by atoms with Crippen LogP contribution in [0, 0.1) is 0 Å². The summed E-state index contributed by atoms with van der Waals surface area (Å²) in [4.78, 5) is 23.7. The number of H-pyrrole nitrogens is 1. The SMILES string of the molecule is C[C@@H](NC(=O)c1ccc2[nH]c(O)c(C(=Nc3ccc(CN4CCCC4)cc3)c3ccoc3)c2c1)c1ccccc1. The van der Waals surface area contributed by atoms with Gasteiger partial charge in [-0.15, -0.1) is 0 Å². The summed E-state index contributed by atoms with van der Waals surface area (Å²) in [7, 11) is 0. The van der Waals surface area contributed by atoms with E-state index in [1.807, 2.05) is 55.5 Å². The second-order valence-corrected chi connectivity index (χ2v) is 10.3. The molecule has 7 nitrogen and oxygen atoms in total. The van der Waals surface area contributed by atoms with Gasteiger partial charge in [0.05, 0.1) is 35.5 Å². The van der Waals surface area contributed by atoms with E-state index >= 15 is 0 Å². The number of nitrogens with one attached hydrogen (secondary N) is 2. The van der Waals surface area contributed by atoms with Crippen molar-refractivity contribution in [1.29, 1.82) is 0 Å². The van der Waals surface area contributed by atoms with Gasteiger partial charge in [-0.25, -0.2) is 4.99 Å². The molecule has 0 spiro atoms. The standard InChI is InChI=1S/C33H32N4O3/c1-22(24-7-3-2-4-8-24)34-32(38)25-11-14-29-28(19-25)30(33(39)36-29)31(26-15-18-40-21-26)35-27-12-9-23(10-13-27)20-37-16-5-6-17-37/h2-4,7-15,18-19,21-22,36,39H,5-6,16-17,20H2,1H3,(H,34,38)/t22-/m1/s1. The molecule has 7 heteroatoms. The summed E-state index contributed by atoms with van der Waals surface area (Å²) in [6.45, 7) is 5.19. The average Bonchev–Trinajstić information content (AvgIpc) is 3.75. The summed E-state index contributed by atoms with van der Waals surface area (Å²) in [5.41, 5.74) is 6.04. The Balaban J connectivity index is 1.34. The molecular weight excluding hydrogens is 500 g/mol. The van der Waals surface area contributed by atoms with Crippen molar-refractivity contribution < 1.29 is 14.3 Å². The second kappa shape index (κ2) is 11.2. The van der Waals surface area contributed by atoms with Crippen molar-refractivity contribution in [3.8, 4) is 5.88 Å². The maximum atomic E-state index is 13.2. The highest BCUT2D eigenvalue weighted by atomic mass is 16.3. The van der Waals surface area contributed by atoms with Crippen LogP contribution >= 0.6 is 0 Å². The molecule has 1 saturated heterocycles. The Morgan fingerprint density at radius 3 is 2.52 bits per heavy atom. The van der Waals surface area contributed by atoms with Gasteiger partial charge >= 0.3 is 0 Å². The van der Waals surface area contributed by atoms with Gasteiger partial charge in [-0.1, -0.05) is 42.5 Å². The number of carbonyl (C=O) groups is 1. The fraction of sp³-hybridized carbons (Fsp3) is 0.212. The highest BCUT2D eigenvalue weighted by molar-refractivity contribution is 6.22. The number of aromatic nitrogens is 1. The highest BCUT2D eigenvalue weighted by Gasteiger charge is 2.21. The van der Waals surface area contributed by atoms with E-state index in [0.29, 0.717) is 27.7 Å². The van der Waals surface area contributed by atoms with Crippen molar-refractivity contribution in [2.45, 2.75) is 32.4 Å². The number of hydrogen-bond acceptors (Lipinski definition) is 5. The summed E-state index contributed by atoms with van der Waals surface area (Å²) in [6, 6.07) is 25.1. The molecule has 202 valence electrons. The third-order valence-corrected chi connectivity index (χ3v) is 7.50. The fourth-order valence-electron chi connectivity index (χ4n) is 5.33. The molecule has 1 fully saturated rings. The monoisotopic (exact) mass is 532 g/mol. The molecule has 3 heterocycles. The van der Waals surface area contributed by atoms with E-state index in [0.717, 1.165) is 36.4 Å². The summed E-state index contributed by atoms with van der Waals surface area (Å²) in [5, 5.41) is 14.8. The van der Waals surface area contributed by atoms with E-state index in [9.17, 15) is 9.90 Å². The van der Waals surface area contributed by atoms with E-state index in [1.54, 1.807) is 30.7 Å². The quantitative estimate of drug-likeness (QED) is 0.193. The number of aromatic hydroxyl groups is 1. The minimum atomic E-state index is -0.194. The number of carbonyl (C=O) groups excluding carboxylic acids is 1. The van der Waals surface area contributed by atoms with Crippen LogP contribution < -0.4 is 5.32 Å². The van der Waals surface area contributed by atoms with E-state index in [2.05, 4.69) is 27.3 Å². The van der Waals surface area contributed by atoms with Gasteiger partial charge in [-0.2, -0.15) is 0 Å². The van der Waals surface area contributed by atoms with Crippen LogP contribution in [-0.2, 0) is 6.54 Å². The number of rotatable bonds is 8. The molecule has 1 atom stereocenters. The molecule has 0 unspecified atom stereocenters. The molecule has 40 heavy (non-hydrogen) atoms. The number of likely N-dealkylation sites (tertiary alicyclic amines) is 1. The first kappa shape index (κ1) is 25.6. The molecule has 5 aromatic rings. The maximum absolute atomic E-state index is 13.2. The lowest BCUT2D eigenvalue weighted by atomic mass is 10.0. The number of benzene rings is 3. The Labute approximate surface area is 233 Å². The zero-order valence-electron chi connectivity index (χ0n) is 22.4. The minimum Gasteiger partial charge on any atom is -0.494 e. The lowest BCUT2D eigenvalue weighted by molar-refractivity contribution is 0.0940. The molecule has 0 bridgehead atoms. The largest absolute Gasteiger partial charge is 0.494 e. The molecule has 6 rings (SSSR count). The lowest BCUT2D eigenvalue weighted by Gasteiger charge is -2.14. The Morgan fingerprint density at radius 2 is 1.80 bits per heavy atom. The van der Waals surface area contributed by atoms with Crippen molar-refractivity contribution in [3.63, 3.8) is 0 Å². The fourth-order valence-corrected chi connectivity index (χ4v) is 5.33. The number of furan rings is 1. The topological polar surface area (TPSA) is 93.9 Å². The number of amides is 1. The highest BCUT2D eigenvalue weighted by Crippen LogP contribution is 2.32. The molecule has 1 amide bonds. The van der Waals surface area contributed by atoms with E-state index < -0.39 is 0 Å². The Morgan fingerprint density at radius 1 is 1.02 bits per heavy atom. The van der Waals surface area contributed by atoms with E-state index in [1.165, 1.54) is 18.4 Å². The van der Waals surface area contributed by atoms with Gasteiger partial charge in [-0.05, 0) is 80.4 Å². The molecule has 3 N–H and O–H groups in total. The van der Waals surface area contributed by atoms with E-state index in [-0.39, 0.29) is 17.8 Å². The molecule has 2 aromatic heterocycles. The Bertz CT molecular complexity index is 1630. The Hall–Kier alpha value is -4.62. The molecular formula is C33H32N4O3. The molecule has 1 aliphatic heterocycles. The zero-order chi connectivity index (χ0) is 27.5. The predicted molar refractivity (Wildman–Crippen MR) is 157 cm³/mol. The molecule has 0 radical (unpaired) electrons. The van der Waals surface area contributed by atoms with Gasteiger partial charge in [0.25, 0.3) is 5.91 Å². The second-order valence-electron chi connectivity index (χ2n) is 10.3. The number of nitrogens with zero attached hydrogens (tertiary/aromatic N) is 2. The molecule has 1 aliphatic rings. The van der Waals surface area contributed by atoms with Crippen LogP contribution in [0.15, 0.2) is 101 Å². The lowest BCUT2D eigenvalue weighted by Crippen LogP contribution is -2.26. The van der Waals surface area contributed by atoms with Crippen molar-refractivity contribution >= 4 is 28.2 Å². The average molecular weight is 533 g/mol. The Kier molecular flexibility index (Phi) is 7.21. The van der Waals surface area contributed by atoms with Crippen molar-refractivity contribution in [2.24, 2.45) is 4.99 Å². The number of aliphatic imine (C=N–C) groups is 1. The minimum absolute atomic E-state index is 0.0178. The van der Waals surface area contributed by atoms with Crippen molar-refractivity contribution in [3.05, 3.63) is 119 Å². The summed E-state index contributed by atoms with van der Waals surface area (Å²) in [6.07, 6.45) is 5.72. The maximum Gasteiger partial charge on any atom is 0.251 e. The van der Waals surface area contributed by atoms with Crippen molar-refractivity contribution in [2.75, 3.05) is 13.1 Å². The van der Waals surface area contributed by atoms with Crippen LogP contribution in [-0.4, -0.2) is 39.7 Å². The first-order chi connectivity index (χ1) is 19.5. The van der Waals surface area contributed by atoms with Crippen LogP contribution in [0.2, 0.25) is 0 Å². The van der Waals surface area contributed by atoms with Crippen LogP contribution in [0.25, 0.3) is 10.9 Å². The van der Waals surface area contributed by atoms with Crippen LogP contribution in [0.3, 0.4) is 0 Å². The van der Waals surface area contributed by atoms with Gasteiger partial charge in [0.1, 0.15) is 0 Å². The first-order valence-corrected chi connectivity index (χ1v) is 13.7. The summed E-state index contributed by atoms with van der Waals surface area (Å²) in [5.74, 6) is -0.212. The number of hydrogen-bond donors (Lipinski definition) is 3. The molecule has 3 aromatic carbocycles. The molecule has 0 saturated carbocycles. The van der Waals surface area contributed by atoms with Crippen LogP contribution in [0.4, 0.5) is 5.69 Å². The van der Waals surface area contributed by atoms with E-state index in [4.69, 9.17) is 9.41 Å². The normalized spacial score (nSPS) is 15.0. The summed E-state index contributed by atoms with van der Waals surface area (Å²) >= 11 is 0. The van der Waals surface area contributed by atoms with Gasteiger partial charge in [-0.3, -0.25) is 9.69 Å². The number of aromatic amines is 1. The summed E-state index contributed by atoms with van der Waals surface area (Å²) < 4.78 is 5.38. The van der Waals surface area contributed by atoms with Crippen molar-refractivity contribution in [1.82, 2.24) is 15.2 Å². The smallest absolute Gasteiger partial charge is 0.251 e. The molecule has 0 aliphatic carbocycles. The number of fused-ring (bicyclic) bond motifs is 1.